The molecular weight excluding hydrogens is 207 g/mol. The summed E-state index contributed by atoms with van der Waals surface area (Å²) in [4.78, 5) is 0. The van der Waals surface area contributed by atoms with Crippen LogP contribution in [0.25, 0.3) is 0 Å². The van der Waals surface area contributed by atoms with Gasteiger partial charge in [0.25, 0.3) is 0 Å². The molecule has 0 radical (unpaired) electrons. The fourth-order valence-electron chi connectivity index (χ4n) is 3.47. The van der Waals surface area contributed by atoms with Crippen LogP contribution < -0.4 is 0 Å². The predicted octanol–water partition coefficient (Wildman–Crippen LogP) is 4.69. The highest BCUT2D eigenvalue weighted by Gasteiger charge is 2.53. The molecule has 0 aromatic carbocycles. The van der Waals surface area contributed by atoms with E-state index in [0.29, 0.717) is 12.2 Å². The van der Waals surface area contributed by atoms with Gasteiger partial charge in [-0.15, -0.1) is 7.02 Å². The molecule has 1 heterocycles. The molecule has 1 aliphatic rings. The van der Waals surface area contributed by atoms with E-state index in [-0.39, 0.29) is 0 Å². The Balaban J connectivity index is 3.02. The average Bonchev–Trinajstić information content (AvgIpc) is 1.98. The second kappa shape index (κ2) is 3.18. The number of hydrogen-bond acceptors (Lipinski definition) is 0. The van der Waals surface area contributed by atoms with E-state index in [4.69, 9.17) is 0 Å². The topological polar surface area (TPSA) is 0 Å². The smallest absolute Gasteiger partial charge is 0.0713 e. The number of hydrogen-bond donors (Lipinski definition) is 0. The molecule has 0 bridgehead atoms. The first kappa shape index (κ1) is 11.9. The van der Waals surface area contributed by atoms with Crippen molar-refractivity contribution in [2.24, 2.45) is 0 Å². The van der Waals surface area contributed by atoms with Crippen LogP contribution in [0.1, 0.15) is 20.8 Å². The van der Waals surface area contributed by atoms with E-state index in [0.717, 1.165) is 0 Å². The third-order valence-electron chi connectivity index (χ3n) is 3.23. The molecular formula is C10H25PSi2. The van der Waals surface area contributed by atoms with Crippen LogP contribution in [0.2, 0.25) is 38.3 Å². The molecule has 0 aliphatic carbocycles. The van der Waals surface area contributed by atoms with E-state index >= 15 is 0 Å². The van der Waals surface area contributed by atoms with E-state index in [9.17, 15) is 0 Å². The lowest BCUT2D eigenvalue weighted by atomic mass is 10.3. The largest absolute Gasteiger partial charge is 0.124 e. The highest BCUT2D eigenvalue weighted by molar-refractivity contribution is 8.20. The summed E-state index contributed by atoms with van der Waals surface area (Å²) in [6.45, 7) is 18.1. The van der Waals surface area contributed by atoms with Crippen molar-refractivity contribution in [2.45, 2.75) is 64.2 Å². The van der Waals surface area contributed by atoms with E-state index in [2.05, 4.69) is 47.0 Å². The lowest BCUT2D eigenvalue weighted by molar-refractivity contribution is 0.796. The molecule has 1 fully saturated rings. The van der Waals surface area contributed by atoms with Gasteiger partial charge >= 0.3 is 0 Å². The van der Waals surface area contributed by atoms with Crippen LogP contribution in [0.3, 0.4) is 0 Å². The Hall–Kier alpha value is 0.864. The summed E-state index contributed by atoms with van der Waals surface area (Å²) in [5.74, 6) is 0. The van der Waals surface area contributed by atoms with Crippen molar-refractivity contribution in [3.8, 4) is 0 Å². The van der Waals surface area contributed by atoms with Crippen LogP contribution in [-0.2, 0) is 0 Å². The maximum atomic E-state index is 2.64. The minimum atomic E-state index is -0.814. The maximum absolute atomic E-state index is 2.64. The fourth-order valence-corrected chi connectivity index (χ4v) is 50.0. The van der Waals surface area contributed by atoms with Crippen molar-refractivity contribution >= 4 is 22.5 Å². The Bertz CT molecular complexity index is 187. The van der Waals surface area contributed by atoms with Crippen LogP contribution in [0.4, 0.5) is 0 Å². The highest BCUT2D eigenvalue weighted by atomic mass is 31.6. The summed E-state index contributed by atoms with van der Waals surface area (Å²) in [5.41, 5.74) is 0. The van der Waals surface area contributed by atoms with Crippen molar-refractivity contribution in [3.05, 3.63) is 0 Å². The molecule has 0 N–H and O–H groups in total. The van der Waals surface area contributed by atoms with Gasteiger partial charge in [-0.25, -0.2) is 0 Å². The van der Waals surface area contributed by atoms with Gasteiger partial charge in [-0.1, -0.05) is 59.0 Å². The quantitative estimate of drug-likeness (QED) is 0.420. The molecule has 1 rings (SSSR count). The van der Waals surface area contributed by atoms with Gasteiger partial charge < -0.3 is 0 Å². The van der Waals surface area contributed by atoms with E-state index in [1.807, 2.05) is 0 Å². The summed E-state index contributed by atoms with van der Waals surface area (Å²) >= 11 is 0. The average molecular weight is 232 g/mol. The second-order valence-electron chi connectivity index (χ2n) is 6.63. The number of rotatable bonds is 0. The fraction of sp³-hybridized carbons (Fsp3) is 1.00. The Morgan fingerprint density at radius 3 is 1.31 bits per heavy atom. The summed E-state index contributed by atoms with van der Waals surface area (Å²) in [6.07, 6.45) is 0. The van der Waals surface area contributed by atoms with Crippen molar-refractivity contribution in [1.82, 2.24) is 0 Å². The van der Waals surface area contributed by atoms with Gasteiger partial charge in [-0.2, -0.15) is 0 Å². The van der Waals surface area contributed by atoms with Gasteiger partial charge in [0, 0.05) is 0 Å². The molecule has 1 saturated heterocycles. The molecule has 78 valence electrons. The molecule has 0 unspecified atom stereocenters. The molecule has 1 aliphatic heterocycles. The predicted molar refractivity (Wildman–Crippen MR) is 71.3 cm³/mol. The third-order valence-corrected chi connectivity index (χ3v) is 34.0. The van der Waals surface area contributed by atoms with Crippen molar-refractivity contribution in [1.29, 1.82) is 0 Å². The first-order valence-corrected chi connectivity index (χ1v) is 14.8. The minimum absolute atomic E-state index is 0.405. The van der Waals surface area contributed by atoms with Crippen LogP contribution in [0.5, 0.6) is 0 Å². The second-order valence-corrected chi connectivity index (χ2v) is 28.2. The zero-order chi connectivity index (χ0) is 10.5. The van der Waals surface area contributed by atoms with Gasteiger partial charge in [-0.3, -0.25) is 0 Å². The Morgan fingerprint density at radius 2 is 1.15 bits per heavy atom. The van der Waals surface area contributed by atoms with Gasteiger partial charge in [-0.05, 0) is 5.16 Å². The van der Waals surface area contributed by atoms with Crippen molar-refractivity contribution in [3.63, 3.8) is 0 Å². The molecule has 0 aromatic heterocycles. The maximum Gasteiger partial charge on any atom is 0.0713 e. The molecule has 13 heavy (non-hydrogen) atoms. The SMILES string of the molecule is CC(C)(C)P1[Si](C)(C)CC[Si]1(C)C. The van der Waals surface area contributed by atoms with Crippen molar-refractivity contribution in [2.75, 3.05) is 0 Å². The standard InChI is InChI=1S/C10H25PSi2/c1-10(2,3)11-12(4,5)8-9-13(11,6)7/h8-9H2,1-7H3. The molecule has 0 amide bonds. The highest BCUT2D eigenvalue weighted by Crippen LogP contribution is 2.70. The zero-order valence-electron chi connectivity index (χ0n) is 10.4. The van der Waals surface area contributed by atoms with Crippen LogP contribution in [0, 0.1) is 0 Å². The zero-order valence-corrected chi connectivity index (χ0v) is 13.3. The Morgan fingerprint density at radius 1 is 0.846 bits per heavy atom. The summed E-state index contributed by atoms with van der Waals surface area (Å²) in [6, 6.07) is 3.24. The summed E-state index contributed by atoms with van der Waals surface area (Å²) < 4.78 is 0. The minimum Gasteiger partial charge on any atom is -0.124 e. The molecule has 0 nitrogen and oxygen atoms in total. The first-order valence-electron chi connectivity index (χ1n) is 5.38. The normalized spacial score (nSPS) is 27.9. The summed E-state index contributed by atoms with van der Waals surface area (Å²) in [5, 5.41) is 0.636. The van der Waals surface area contributed by atoms with Gasteiger partial charge in [0.2, 0.25) is 0 Å². The van der Waals surface area contributed by atoms with E-state index in [1.54, 1.807) is 12.1 Å². The molecule has 0 atom stereocenters. The molecule has 0 spiro atoms. The molecule has 0 aromatic rings. The third kappa shape index (κ3) is 2.27. The van der Waals surface area contributed by atoms with Crippen LogP contribution >= 0.6 is 7.02 Å². The van der Waals surface area contributed by atoms with Crippen LogP contribution in [0.15, 0.2) is 0 Å². The van der Waals surface area contributed by atoms with E-state index < -0.39 is 15.5 Å². The van der Waals surface area contributed by atoms with Crippen molar-refractivity contribution < 1.29 is 0 Å². The van der Waals surface area contributed by atoms with E-state index in [1.165, 1.54) is 0 Å². The molecule has 3 heteroatoms. The lowest BCUT2D eigenvalue weighted by Gasteiger charge is -2.44. The van der Waals surface area contributed by atoms with Gasteiger partial charge in [0.05, 0.1) is 15.5 Å². The molecule has 0 saturated carbocycles. The Labute approximate surface area is 87.0 Å². The monoisotopic (exact) mass is 232 g/mol. The van der Waals surface area contributed by atoms with Crippen LogP contribution in [-0.4, -0.2) is 20.6 Å². The first-order chi connectivity index (χ1) is 5.57. The lowest BCUT2D eigenvalue weighted by Crippen LogP contribution is -2.36. The van der Waals surface area contributed by atoms with Gasteiger partial charge in [0.1, 0.15) is 0 Å². The summed E-state index contributed by atoms with van der Waals surface area (Å²) in [7, 11) is -1.22. The van der Waals surface area contributed by atoms with Gasteiger partial charge in [0.15, 0.2) is 0 Å². The Kier molecular flexibility index (Phi) is 2.92.